The molecule has 0 saturated heterocycles. The van der Waals surface area contributed by atoms with Crippen LogP contribution in [-0.2, 0) is 6.42 Å². The molecule has 0 fully saturated rings. The molecule has 0 spiro atoms. The summed E-state index contributed by atoms with van der Waals surface area (Å²) in [5, 5.41) is 15.6. The SMILES string of the molecule is C[C@@H](O)CNCCc1ncon1. The fraction of sp³-hybridized carbons (Fsp3) is 0.714. The van der Waals surface area contributed by atoms with E-state index >= 15 is 0 Å². The van der Waals surface area contributed by atoms with E-state index in [1.807, 2.05) is 0 Å². The van der Waals surface area contributed by atoms with Crippen molar-refractivity contribution >= 4 is 0 Å². The minimum atomic E-state index is -0.310. The van der Waals surface area contributed by atoms with E-state index in [-0.39, 0.29) is 6.10 Å². The first kappa shape index (κ1) is 9.15. The number of aromatic nitrogens is 2. The predicted octanol–water partition coefficient (Wildman–Crippen LogP) is -0.418. The minimum absolute atomic E-state index is 0.310. The Morgan fingerprint density at radius 2 is 2.58 bits per heavy atom. The Labute approximate surface area is 70.8 Å². The summed E-state index contributed by atoms with van der Waals surface area (Å²) in [4.78, 5) is 3.85. The lowest BCUT2D eigenvalue weighted by molar-refractivity contribution is 0.191. The number of rotatable bonds is 5. The molecular formula is C7H13N3O2. The Morgan fingerprint density at radius 1 is 1.75 bits per heavy atom. The van der Waals surface area contributed by atoms with Crippen LogP contribution in [0.3, 0.4) is 0 Å². The zero-order chi connectivity index (χ0) is 8.81. The standard InChI is InChI=1S/C7H13N3O2/c1-6(11)4-8-3-2-7-9-5-12-10-7/h5-6,8,11H,2-4H2,1H3/t6-/m1/s1. The maximum Gasteiger partial charge on any atom is 0.213 e. The molecule has 0 aromatic carbocycles. The summed E-state index contributed by atoms with van der Waals surface area (Å²) in [5.74, 6) is 0.688. The molecule has 0 aliphatic rings. The summed E-state index contributed by atoms with van der Waals surface area (Å²) in [6.45, 7) is 3.09. The van der Waals surface area contributed by atoms with E-state index in [1.54, 1.807) is 6.92 Å². The monoisotopic (exact) mass is 171 g/mol. The Kier molecular flexibility index (Phi) is 3.69. The molecule has 12 heavy (non-hydrogen) atoms. The summed E-state index contributed by atoms with van der Waals surface area (Å²) in [7, 11) is 0. The molecule has 1 atom stereocenters. The van der Waals surface area contributed by atoms with Crippen LogP contribution >= 0.6 is 0 Å². The number of nitrogens with zero attached hydrogens (tertiary/aromatic N) is 2. The quantitative estimate of drug-likeness (QED) is 0.589. The van der Waals surface area contributed by atoms with Crippen LogP contribution in [0.25, 0.3) is 0 Å². The molecule has 0 aliphatic heterocycles. The van der Waals surface area contributed by atoms with Crippen LogP contribution in [0, 0.1) is 0 Å². The van der Waals surface area contributed by atoms with Crippen LogP contribution in [0.2, 0.25) is 0 Å². The van der Waals surface area contributed by atoms with Crippen molar-refractivity contribution in [2.45, 2.75) is 19.4 Å². The second-order valence-corrected chi connectivity index (χ2v) is 2.65. The second kappa shape index (κ2) is 4.84. The third kappa shape index (κ3) is 3.45. The van der Waals surface area contributed by atoms with Crippen molar-refractivity contribution in [3.8, 4) is 0 Å². The summed E-state index contributed by atoms with van der Waals surface area (Å²) in [6, 6.07) is 0. The Bertz CT molecular complexity index is 198. The van der Waals surface area contributed by atoms with Crippen LogP contribution in [0.4, 0.5) is 0 Å². The van der Waals surface area contributed by atoms with E-state index in [9.17, 15) is 0 Å². The Hall–Kier alpha value is -0.940. The smallest absolute Gasteiger partial charge is 0.213 e. The molecule has 1 heterocycles. The van der Waals surface area contributed by atoms with Gasteiger partial charge in [-0.15, -0.1) is 0 Å². The van der Waals surface area contributed by atoms with Crippen molar-refractivity contribution in [1.82, 2.24) is 15.5 Å². The van der Waals surface area contributed by atoms with E-state index in [0.717, 1.165) is 13.0 Å². The average Bonchev–Trinajstić information content (AvgIpc) is 2.49. The van der Waals surface area contributed by atoms with Crippen LogP contribution in [0.1, 0.15) is 12.7 Å². The molecule has 2 N–H and O–H groups in total. The molecule has 0 amide bonds. The van der Waals surface area contributed by atoms with Crippen LogP contribution < -0.4 is 5.32 Å². The van der Waals surface area contributed by atoms with Gasteiger partial charge < -0.3 is 14.9 Å². The first-order valence-electron chi connectivity index (χ1n) is 3.93. The van der Waals surface area contributed by atoms with Gasteiger partial charge in [0.25, 0.3) is 0 Å². The number of aliphatic hydroxyl groups is 1. The van der Waals surface area contributed by atoms with E-state index in [4.69, 9.17) is 5.11 Å². The van der Waals surface area contributed by atoms with Crippen molar-refractivity contribution in [3.05, 3.63) is 12.2 Å². The van der Waals surface area contributed by atoms with Gasteiger partial charge in [0.2, 0.25) is 6.39 Å². The summed E-state index contributed by atoms with van der Waals surface area (Å²) in [6.07, 6.45) is 1.73. The highest BCUT2D eigenvalue weighted by Crippen LogP contribution is 1.87. The highest BCUT2D eigenvalue weighted by Gasteiger charge is 1.98. The van der Waals surface area contributed by atoms with Crippen LogP contribution in [-0.4, -0.2) is 34.4 Å². The zero-order valence-electron chi connectivity index (χ0n) is 7.03. The Morgan fingerprint density at radius 3 is 3.17 bits per heavy atom. The number of hydrogen-bond donors (Lipinski definition) is 2. The van der Waals surface area contributed by atoms with Gasteiger partial charge in [0.05, 0.1) is 6.10 Å². The lowest BCUT2D eigenvalue weighted by atomic mass is 10.3. The molecule has 0 saturated carbocycles. The topological polar surface area (TPSA) is 71.2 Å². The number of nitrogens with one attached hydrogen (secondary N) is 1. The summed E-state index contributed by atoms with van der Waals surface area (Å²) < 4.78 is 4.55. The average molecular weight is 171 g/mol. The molecule has 1 rings (SSSR count). The van der Waals surface area contributed by atoms with E-state index < -0.39 is 0 Å². The maximum absolute atomic E-state index is 8.90. The van der Waals surface area contributed by atoms with Gasteiger partial charge in [-0.1, -0.05) is 5.16 Å². The first-order valence-corrected chi connectivity index (χ1v) is 3.93. The van der Waals surface area contributed by atoms with Gasteiger partial charge in [-0.3, -0.25) is 0 Å². The molecule has 0 radical (unpaired) electrons. The van der Waals surface area contributed by atoms with Gasteiger partial charge in [0.1, 0.15) is 0 Å². The van der Waals surface area contributed by atoms with Crippen molar-refractivity contribution in [3.63, 3.8) is 0 Å². The third-order valence-corrected chi connectivity index (χ3v) is 1.37. The summed E-state index contributed by atoms with van der Waals surface area (Å²) >= 11 is 0. The largest absolute Gasteiger partial charge is 0.392 e. The highest BCUT2D eigenvalue weighted by molar-refractivity contribution is 4.78. The molecule has 1 aromatic heterocycles. The van der Waals surface area contributed by atoms with Crippen LogP contribution in [0.15, 0.2) is 10.9 Å². The van der Waals surface area contributed by atoms with Crippen molar-refractivity contribution in [2.24, 2.45) is 0 Å². The molecule has 1 aromatic rings. The fourth-order valence-electron chi connectivity index (χ4n) is 0.814. The minimum Gasteiger partial charge on any atom is -0.392 e. The van der Waals surface area contributed by atoms with Gasteiger partial charge in [0, 0.05) is 19.5 Å². The molecule has 0 aliphatic carbocycles. The third-order valence-electron chi connectivity index (χ3n) is 1.37. The van der Waals surface area contributed by atoms with E-state index in [2.05, 4.69) is 20.0 Å². The molecule has 68 valence electrons. The second-order valence-electron chi connectivity index (χ2n) is 2.65. The molecular weight excluding hydrogens is 158 g/mol. The summed E-state index contributed by atoms with van der Waals surface area (Å²) in [5.41, 5.74) is 0. The highest BCUT2D eigenvalue weighted by atomic mass is 16.5. The van der Waals surface area contributed by atoms with E-state index in [1.165, 1.54) is 6.39 Å². The van der Waals surface area contributed by atoms with Crippen molar-refractivity contribution in [2.75, 3.05) is 13.1 Å². The molecule has 5 nitrogen and oxygen atoms in total. The molecule has 5 heteroatoms. The lowest BCUT2D eigenvalue weighted by Crippen LogP contribution is -2.26. The lowest BCUT2D eigenvalue weighted by Gasteiger charge is -2.04. The predicted molar refractivity (Wildman–Crippen MR) is 42.6 cm³/mol. The van der Waals surface area contributed by atoms with Crippen molar-refractivity contribution < 1.29 is 9.63 Å². The van der Waals surface area contributed by atoms with Gasteiger partial charge in [-0.05, 0) is 6.92 Å². The van der Waals surface area contributed by atoms with E-state index in [0.29, 0.717) is 12.4 Å². The first-order chi connectivity index (χ1) is 5.79. The number of hydrogen-bond acceptors (Lipinski definition) is 5. The maximum atomic E-state index is 8.90. The van der Waals surface area contributed by atoms with Gasteiger partial charge >= 0.3 is 0 Å². The van der Waals surface area contributed by atoms with Gasteiger partial charge in [-0.2, -0.15) is 4.98 Å². The van der Waals surface area contributed by atoms with Gasteiger partial charge in [-0.25, -0.2) is 0 Å². The molecule has 0 bridgehead atoms. The Balaban J connectivity index is 2.04. The molecule has 0 unspecified atom stereocenters. The zero-order valence-corrected chi connectivity index (χ0v) is 7.03. The van der Waals surface area contributed by atoms with Crippen LogP contribution in [0.5, 0.6) is 0 Å². The fourth-order valence-corrected chi connectivity index (χ4v) is 0.814. The number of aliphatic hydroxyl groups excluding tert-OH is 1. The van der Waals surface area contributed by atoms with Gasteiger partial charge in [0.15, 0.2) is 5.82 Å². The van der Waals surface area contributed by atoms with Crippen molar-refractivity contribution in [1.29, 1.82) is 0 Å². The normalized spacial score (nSPS) is 13.2.